The van der Waals surface area contributed by atoms with E-state index in [4.69, 9.17) is 21.1 Å². The molecule has 0 saturated heterocycles. The maximum Gasteiger partial charge on any atom is 0.165 e. The molecular formula is C14H13ClN4O2. The molecule has 3 aromatic rings. The predicted molar refractivity (Wildman–Crippen MR) is 79.0 cm³/mol. The van der Waals surface area contributed by atoms with E-state index in [9.17, 15) is 0 Å². The molecule has 2 heterocycles. The largest absolute Gasteiger partial charge is 0.497 e. The minimum absolute atomic E-state index is 0.349. The van der Waals surface area contributed by atoms with Crippen molar-refractivity contribution in [2.75, 3.05) is 14.2 Å². The summed E-state index contributed by atoms with van der Waals surface area (Å²) in [6.45, 7) is 0.581. The Labute approximate surface area is 126 Å². The summed E-state index contributed by atoms with van der Waals surface area (Å²) in [4.78, 5) is 12.4. The molecule has 3 rings (SSSR count). The minimum Gasteiger partial charge on any atom is -0.497 e. The third-order valence-electron chi connectivity index (χ3n) is 3.12. The highest BCUT2D eigenvalue weighted by Crippen LogP contribution is 2.24. The van der Waals surface area contributed by atoms with Gasteiger partial charge in [-0.05, 0) is 17.7 Å². The van der Waals surface area contributed by atoms with E-state index in [0.29, 0.717) is 22.9 Å². The molecule has 0 amide bonds. The van der Waals surface area contributed by atoms with E-state index in [1.165, 1.54) is 6.33 Å². The van der Waals surface area contributed by atoms with Crippen LogP contribution < -0.4 is 9.47 Å². The van der Waals surface area contributed by atoms with Gasteiger partial charge in [-0.2, -0.15) is 0 Å². The molecule has 0 N–H and O–H groups in total. The van der Waals surface area contributed by atoms with Crippen molar-refractivity contribution in [3.63, 3.8) is 0 Å². The van der Waals surface area contributed by atoms with Crippen LogP contribution in [-0.2, 0) is 6.54 Å². The maximum atomic E-state index is 6.00. The Morgan fingerprint density at radius 2 is 1.76 bits per heavy atom. The van der Waals surface area contributed by atoms with Gasteiger partial charge in [-0.1, -0.05) is 11.6 Å². The molecule has 21 heavy (non-hydrogen) atoms. The highest BCUT2D eigenvalue weighted by Gasteiger charge is 2.10. The number of imidazole rings is 1. The summed E-state index contributed by atoms with van der Waals surface area (Å²) in [6, 6.07) is 5.71. The molecule has 0 radical (unpaired) electrons. The van der Waals surface area contributed by atoms with Gasteiger partial charge in [-0.3, -0.25) is 0 Å². The number of nitrogens with zero attached hydrogens (tertiary/aromatic N) is 4. The van der Waals surface area contributed by atoms with Crippen molar-refractivity contribution in [2.45, 2.75) is 6.54 Å². The van der Waals surface area contributed by atoms with Crippen molar-refractivity contribution in [1.82, 2.24) is 19.5 Å². The van der Waals surface area contributed by atoms with Crippen LogP contribution in [-0.4, -0.2) is 33.7 Å². The summed E-state index contributed by atoms with van der Waals surface area (Å²) < 4.78 is 12.4. The normalized spacial score (nSPS) is 10.8. The van der Waals surface area contributed by atoms with E-state index in [1.54, 1.807) is 20.5 Å². The quantitative estimate of drug-likeness (QED) is 0.693. The first-order valence-corrected chi connectivity index (χ1v) is 6.62. The van der Waals surface area contributed by atoms with Gasteiger partial charge in [0.1, 0.15) is 23.3 Å². The smallest absolute Gasteiger partial charge is 0.165 e. The van der Waals surface area contributed by atoms with Crippen molar-refractivity contribution in [2.24, 2.45) is 0 Å². The molecule has 2 aromatic heterocycles. The van der Waals surface area contributed by atoms with Gasteiger partial charge < -0.3 is 14.0 Å². The zero-order valence-corrected chi connectivity index (χ0v) is 12.3. The van der Waals surface area contributed by atoms with Crippen molar-refractivity contribution in [3.05, 3.63) is 41.6 Å². The summed E-state index contributed by atoms with van der Waals surface area (Å²) in [6.07, 6.45) is 3.12. The molecule has 0 saturated carbocycles. The third-order valence-corrected chi connectivity index (χ3v) is 3.40. The standard InChI is InChI=1S/C14H13ClN4O2/c1-20-10-3-9(4-11(5-10)21-2)6-19-8-18-12-13(15)16-7-17-14(12)19/h3-5,7-8H,6H2,1-2H3. The second-order valence-corrected chi connectivity index (χ2v) is 4.79. The van der Waals surface area contributed by atoms with Crippen molar-refractivity contribution in [1.29, 1.82) is 0 Å². The van der Waals surface area contributed by atoms with Crippen LogP contribution in [0.5, 0.6) is 11.5 Å². The SMILES string of the molecule is COc1cc(Cn2cnc3c(Cl)ncnc32)cc(OC)c1. The Hall–Kier alpha value is -2.34. The molecule has 0 aliphatic carbocycles. The van der Waals surface area contributed by atoms with E-state index in [-0.39, 0.29) is 0 Å². The van der Waals surface area contributed by atoms with Gasteiger partial charge in [0, 0.05) is 6.07 Å². The van der Waals surface area contributed by atoms with Gasteiger partial charge in [-0.15, -0.1) is 0 Å². The minimum atomic E-state index is 0.349. The summed E-state index contributed by atoms with van der Waals surface area (Å²) in [7, 11) is 3.25. The lowest BCUT2D eigenvalue weighted by Gasteiger charge is -2.09. The number of halogens is 1. The predicted octanol–water partition coefficient (Wildman–Crippen LogP) is 2.55. The molecular weight excluding hydrogens is 292 g/mol. The van der Waals surface area contributed by atoms with Gasteiger partial charge in [0.05, 0.1) is 27.1 Å². The first-order valence-electron chi connectivity index (χ1n) is 6.24. The lowest BCUT2D eigenvalue weighted by molar-refractivity contribution is 0.393. The average molecular weight is 305 g/mol. The highest BCUT2D eigenvalue weighted by molar-refractivity contribution is 6.33. The van der Waals surface area contributed by atoms with Crippen molar-refractivity contribution < 1.29 is 9.47 Å². The zero-order chi connectivity index (χ0) is 14.8. The number of ether oxygens (including phenoxy) is 2. The molecule has 0 fully saturated rings. The van der Waals surface area contributed by atoms with E-state index in [1.807, 2.05) is 22.8 Å². The van der Waals surface area contributed by atoms with Gasteiger partial charge in [0.15, 0.2) is 10.8 Å². The number of fused-ring (bicyclic) bond motifs is 1. The topological polar surface area (TPSA) is 62.1 Å². The first-order chi connectivity index (χ1) is 10.2. The number of rotatable bonds is 4. The van der Waals surface area contributed by atoms with Crippen LogP contribution in [0.25, 0.3) is 11.2 Å². The van der Waals surface area contributed by atoms with Crippen LogP contribution in [0, 0.1) is 0 Å². The number of benzene rings is 1. The molecule has 7 heteroatoms. The lowest BCUT2D eigenvalue weighted by Crippen LogP contribution is -2.00. The Morgan fingerprint density at radius 3 is 2.43 bits per heavy atom. The van der Waals surface area contributed by atoms with Crippen LogP contribution in [0.2, 0.25) is 5.15 Å². The molecule has 6 nitrogen and oxygen atoms in total. The molecule has 1 aromatic carbocycles. The van der Waals surface area contributed by atoms with Crippen LogP contribution >= 0.6 is 11.6 Å². The van der Waals surface area contributed by atoms with Crippen molar-refractivity contribution in [3.8, 4) is 11.5 Å². The molecule has 0 unspecified atom stereocenters. The second-order valence-electron chi connectivity index (χ2n) is 4.43. The van der Waals surface area contributed by atoms with Gasteiger partial charge in [0.2, 0.25) is 0 Å². The van der Waals surface area contributed by atoms with Gasteiger partial charge in [0.25, 0.3) is 0 Å². The highest BCUT2D eigenvalue weighted by atomic mass is 35.5. The Kier molecular flexibility index (Phi) is 3.62. The van der Waals surface area contributed by atoms with Crippen LogP contribution in [0.1, 0.15) is 5.56 Å². The van der Waals surface area contributed by atoms with Crippen LogP contribution in [0.15, 0.2) is 30.9 Å². The number of hydrogen-bond donors (Lipinski definition) is 0. The second kappa shape index (κ2) is 5.57. The number of aromatic nitrogens is 4. The molecule has 0 aliphatic heterocycles. The summed E-state index contributed by atoms with van der Waals surface area (Å²) >= 11 is 6.00. The van der Waals surface area contributed by atoms with Gasteiger partial charge >= 0.3 is 0 Å². The fraction of sp³-hybridized carbons (Fsp3) is 0.214. The van der Waals surface area contributed by atoms with Crippen LogP contribution in [0.4, 0.5) is 0 Å². The maximum absolute atomic E-state index is 6.00. The molecule has 0 spiro atoms. The Balaban J connectivity index is 2.00. The van der Waals surface area contributed by atoms with E-state index >= 15 is 0 Å². The van der Waals surface area contributed by atoms with Gasteiger partial charge in [-0.25, -0.2) is 15.0 Å². The fourth-order valence-electron chi connectivity index (χ4n) is 2.12. The first kappa shape index (κ1) is 13.6. The van der Waals surface area contributed by atoms with E-state index in [0.717, 1.165) is 17.1 Å². The van der Waals surface area contributed by atoms with E-state index in [2.05, 4.69) is 15.0 Å². The van der Waals surface area contributed by atoms with E-state index < -0.39 is 0 Å². The number of methoxy groups -OCH3 is 2. The third kappa shape index (κ3) is 2.62. The van der Waals surface area contributed by atoms with Crippen LogP contribution in [0.3, 0.4) is 0 Å². The molecule has 0 bridgehead atoms. The average Bonchev–Trinajstić information content (AvgIpc) is 2.91. The fourth-order valence-corrected chi connectivity index (χ4v) is 2.30. The van der Waals surface area contributed by atoms with Crippen molar-refractivity contribution >= 4 is 22.8 Å². The monoisotopic (exact) mass is 304 g/mol. The molecule has 108 valence electrons. The lowest BCUT2D eigenvalue weighted by atomic mass is 10.2. The zero-order valence-electron chi connectivity index (χ0n) is 11.6. The molecule has 0 atom stereocenters. The molecule has 0 aliphatic rings. The Bertz CT molecular complexity index is 765. The summed E-state index contributed by atoms with van der Waals surface area (Å²) in [5.74, 6) is 1.47. The number of hydrogen-bond acceptors (Lipinski definition) is 5. The summed E-state index contributed by atoms with van der Waals surface area (Å²) in [5.41, 5.74) is 2.30. The summed E-state index contributed by atoms with van der Waals surface area (Å²) in [5, 5.41) is 0.349. The Morgan fingerprint density at radius 1 is 1.05 bits per heavy atom.